The molecule has 2 atom stereocenters. The summed E-state index contributed by atoms with van der Waals surface area (Å²) in [5, 5.41) is 29.2. The summed E-state index contributed by atoms with van der Waals surface area (Å²) in [6.07, 6.45) is 8.88. The van der Waals surface area contributed by atoms with E-state index in [1.165, 1.54) is 44.8 Å². The summed E-state index contributed by atoms with van der Waals surface area (Å²) < 4.78 is 173. The smallest absolute Gasteiger partial charge is 0.358 e. The number of aromatic hydroxyl groups is 1. The molecule has 2 aliphatic heterocycles. The van der Waals surface area contributed by atoms with Crippen molar-refractivity contribution < 1.29 is 142 Å². The number of para-hydroxylation sites is 2. The summed E-state index contributed by atoms with van der Waals surface area (Å²) in [6, 6.07) is 81.0. The van der Waals surface area contributed by atoms with Crippen LogP contribution in [0.3, 0.4) is 0 Å². The van der Waals surface area contributed by atoms with Crippen molar-refractivity contribution in [2.45, 2.75) is 26.8 Å². The number of pyridine rings is 6. The van der Waals surface area contributed by atoms with Crippen molar-refractivity contribution in [3.8, 4) is 113 Å². The number of nitrogens with zero attached hydrogens (tertiary/aromatic N) is 6. The maximum Gasteiger partial charge on any atom is 0.358 e. The van der Waals surface area contributed by atoms with E-state index in [2.05, 4.69) is 70.1 Å². The Bertz CT molecular complexity index is 6420. The van der Waals surface area contributed by atoms with Gasteiger partial charge < -0.3 is 68.0 Å². The van der Waals surface area contributed by atoms with Crippen LogP contribution < -0.4 is 53.9 Å². The van der Waals surface area contributed by atoms with E-state index < -0.39 is 73.2 Å². The number of halogens is 9. The van der Waals surface area contributed by atoms with Gasteiger partial charge in [-0.15, -0.1) is 48.5 Å². The van der Waals surface area contributed by atoms with Gasteiger partial charge in [0.25, 0.3) is 0 Å². The second-order valence-electron chi connectivity index (χ2n) is 26.8. The van der Waals surface area contributed by atoms with E-state index in [1.54, 1.807) is 148 Å². The minimum Gasteiger partial charge on any atom is -0.505 e. The average Bonchev–Trinajstić information content (AvgIpc) is 0.734. The van der Waals surface area contributed by atoms with E-state index in [-0.39, 0.29) is 107 Å². The van der Waals surface area contributed by atoms with Crippen LogP contribution in [0.1, 0.15) is 47.0 Å². The first-order valence-corrected chi connectivity index (χ1v) is 42.6. The number of rotatable bonds is 16. The summed E-state index contributed by atoms with van der Waals surface area (Å²) >= 11 is 3.46. The van der Waals surface area contributed by atoms with E-state index in [1.807, 2.05) is 91.0 Å². The second kappa shape index (κ2) is 49.4. The SMILES string of the molecule is C.C.COc1cc(P2(=O)Oc3ccccc3-c3ccccc32)c(OC)cc1CBr.COc1cc(P2(=O)Oc3ccccc3-c3ccccc32)c(OC)cc1COc1cccnc1C(=O)O.Fc1c[c-]c(-c2ccccn2)c(F)c1.Fc1c[c-]c(-c2ccccn2)c(F)c1.Fc1c[c-]c(-c2ccccn2)c(F)c1.Fc1c[c-]c(-c2ccccn2)c(F)c1.O=C(O)c1ncccc1O.[Ir].[Ir]. The number of methoxy groups -OCH3 is 4. The van der Waals surface area contributed by atoms with Gasteiger partial charge in [0.15, 0.2) is 17.1 Å². The molecule has 0 saturated carbocycles. The molecular formula is C100H77BrF8Ir2N6O14P2-4. The van der Waals surface area contributed by atoms with Crippen molar-refractivity contribution in [2.75, 3.05) is 28.4 Å². The number of carbonyl (C=O) groups is 2. The first-order chi connectivity index (χ1) is 62.4. The van der Waals surface area contributed by atoms with Crippen molar-refractivity contribution in [3.63, 3.8) is 0 Å². The molecule has 0 bridgehead atoms. The predicted molar refractivity (Wildman–Crippen MR) is 486 cm³/mol. The van der Waals surface area contributed by atoms with E-state index >= 15 is 0 Å². The molecule has 0 spiro atoms. The number of benzene rings is 10. The van der Waals surface area contributed by atoms with Gasteiger partial charge in [0.1, 0.15) is 46.9 Å². The Morgan fingerprint density at radius 1 is 0.361 bits per heavy atom. The largest absolute Gasteiger partial charge is 0.505 e. The first-order valence-electron chi connectivity index (χ1n) is 38.2. The normalized spacial score (nSPS) is 12.8. The number of aromatic nitrogens is 6. The topological polar surface area (TPSA) is 271 Å². The summed E-state index contributed by atoms with van der Waals surface area (Å²) in [7, 11) is -0.932. The predicted octanol–water partition coefficient (Wildman–Crippen LogP) is 22.6. The molecular weight excluding hydrogens is 2190 g/mol. The molecule has 0 saturated heterocycles. The van der Waals surface area contributed by atoms with Crippen molar-refractivity contribution in [1.82, 2.24) is 29.9 Å². The summed E-state index contributed by atoms with van der Waals surface area (Å²) in [5.74, 6) is -4.77. The molecule has 686 valence electrons. The maximum absolute atomic E-state index is 14.6. The van der Waals surface area contributed by atoms with Gasteiger partial charge in [-0.1, -0.05) is 199 Å². The summed E-state index contributed by atoms with van der Waals surface area (Å²) in [6.45, 7) is -0.0314. The number of aromatic carboxylic acids is 2. The molecule has 33 heteroatoms. The van der Waals surface area contributed by atoms with Crippen LogP contribution in [0.2, 0.25) is 0 Å². The third-order valence-electron chi connectivity index (χ3n) is 18.7. The quantitative estimate of drug-likeness (QED) is 0.0351. The molecule has 0 aliphatic carbocycles. The molecule has 2 unspecified atom stereocenters. The number of fused-ring (bicyclic) bond motifs is 6. The summed E-state index contributed by atoms with van der Waals surface area (Å²) in [5.41, 5.74) is 7.04. The Labute approximate surface area is 796 Å². The molecule has 20 nitrogen and oxygen atoms in total. The van der Waals surface area contributed by atoms with Crippen molar-refractivity contribution in [3.05, 3.63) is 397 Å². The Hall–Kier alpha value is -13.9. The number of carboxylic acid groups (broad SMARTS) is 2. The van der Waals surface area contributed by atoms with Crippen LogP contribution in [0, 0.1) is 70.8 Å². The van der Waals surface area contributed by atoms with Gasteiger partial charge in [-0.3, -0.25) is 44.3 Å². The average molecular weight is 2270 g/mol. The van der Waals surface area contributed by atoms with Crippen LogP contribution in [0.25, 0.3) is 67.3 Å². The van der Waals surface area contributed by atoms with Crippen molar-refractivity contribution >= 4 is 63.8 Å². The van der Waals surface area contributed by atoms with E-state index in [0.717, 1.165) is 76.3 Å². The van der Waals surface area contributed by atoms with E-state index in [9.17, 15) is 58.9 Å². The first kappa shape index (κ1) is 104. The zero-order chi connectivity index (χ0) is 91.7. The Morgan fingerprint density at radius 3 is 0.985 bits per heavy atom. The van der Waals surface area contributed by atoms with Gasteiger partial charge in [-0.2, -0.15) is 0 Å². The van der Waals surface area contributed by atoms with Gasteiger partial charge in [-0.25, -0.2) is 19.6 Å². The summed E-state index contributed by atoms with van der Waals surface area (Å²) in [4.78, 5) is 44.7. The van der Waals surface area contributed by atoms with Crippen LogP contribution in [0.4, 0.5) is 35.1 Å². The van der Waals surface area contributed by atoms with Gasteiger partial charge in [-0.05, 0) is 131 Å². The number of hydrogen-bond acceptors (Lipinski definition) is 18. The fourth-order valence-corrected chi connectivity index (χ4v) is 18.0. The molecule has 10 aromatic carbocycles. The van der Waals surface area contributed by atoms with E-state index in [0.29, 0.717) is 89.4 Å². The van der Waals surface area contributed by atoms with Gasteiger partial charge in [0.2, 0.25) is 0 Å². The molecule has 0 fully saturated rings. The Kier molecular flexibility index (Phi) is 38.8. The fourth-order valence-electron chi connectivity index (χ4n) is 12.7. The zero-order valence-electron chi connectivity index (χ0n) is 68.8. The molecule has 3 N–H and O–H groups in total. The third kappa shape index (κ3) is 25.7. The minimum atomic E-state index is -3.63. The monoisotopic (exact) mass is 2260 g/mol. The third-order valence-corrected chi connectivity index (χ3v) is 24.2. The van der Waals surface area contributed by atoms with Crippen LogP contribution in [-0.4, -0.2) is 85.6 Å². The van der Waals surface area contributed by atoms with Crippen LogP contribution >= 0.6 is 30.7 Å². The molecule has 133 heavy (non-hydrogen) atoms. The molecule has 0 amide bonds. The van der Waals surface area contributed by atoms with Gasteiger partial charge >= 0.3 is 26.7 Å². The van der Waals surface area contributed by atoms with Crippen molar-refractivity contribution in [1.29, 1.82) is 0 Å². The van der Waals surface area contributed by atoms with Crippen molar-refractivity contribution in [2.24, 2.45) is 0 Å². The number of alkyl halides is 1. The number of ether oxygens (including phenoxy) is 5. The van der Waals surface area contributed by atoms with Gasteiger partial charge in [0.05, 0.1) is 49.7 Å². The molecule has 6 aromatic heterocycles. The van der Waals surface area contributed by atoms with Gasteiger partial charge in [0, 0.05) is 152 Å². The molecule has 18 rings (SSSR count). The van der Waals surface area contributed by atoms with E-state index in [4.69, 9.17) is 42.9 Å². The Balaban J connectivity index is 0.000000199. The molecule has 2 radical (unpaired) electrons. The molecule has 8 heterocycles. The molecule has 2 aliphatic rings. The maximum atomic E-state index is 14.6. The number of carboxylic acids is 2. The number of hydrogen-bond donors (Lipinski definition) is 3. The second-order valence-corrected chi connectivity index (χ2v) is 31.8. The Morgan fingerprint density at radius 2 is 0.669 bits per heavy atom. The zero-order valence-corrected chi connectivity index (χ0v) is 76.9. The van der Waals surface area contributed by atoms with Crippen LogP contribution in [0.15, 0.2) is 304 Å². The van der Waals surface area contributed by atoms with Crippen LogP contribution in [-0.2, 0) is 61.3 Å². The van der Waals surface area contributed by atoms with Crippen LogP contribution in [0.5, 0.6) is 46.0 Å². The fraction of sp³-hybridized carbons (Fsp3) is 0.0800. The molecule has 16 aromatic rings. The standard InChI is InChI=1S/C27H22NO7P.C21H18BrO4P.4C11H6F2N.C6H5NO3.2CH4.2Ir/c1-32-22-15-25(23(33-2)14-17(22)16-34-21-11-7-13-28-26(21)27(29)30)36(31)24-12-6-4-9-19(24)18-8-3-5-10-20(18)35-36;1-24-18-12-21(19(25-2)11-14(18)13-22)27(23)20-10-6-4-8-16(20)15-7-3-5-9-17(15)26-27;4*12-8-4-5-9(10(13)7-8)11-3-1-2-6-14-11;8-4-2-1-3-7-5(4)6(9)10;;;;/h3-15H,16H2,1-2H3,(H,29,30);3-12H,13H2,1-2H3;4*1-4,6-7H;1-3,8H,(H,9,10);2*1H4;;/q;;4*-1;;;;;. The minimum absolute atomic E-state index is 0.